The van der Waals surface area contributed by atoms with E-state index in [1.54, 1.807) is 0 Å². The maximum Gasteiger partial charge on any atom is 0.422 e. The molecule has 0 heterocycles. The van der Waals surface area contributed by atoms with Crippen molar-refractivity contribution >= 4 is 5.97 Å². The smallest absolute Gasteiger partial charge is 0.422 e. The Hall–Kier alpha value is -1.92. The van der Waals surface area contributed by atoms with E-state index in [0.29, 0.717) is 36.8 Å². The molecule has 0 amide bonds. The Morgan fingerprint density at radius 3 is 1.94 bits per heavy atom. The summed E-state index contributed by atoms with van der Waals surface area (Å²) in [6, 6.07) is 0.827. The number of hydrogen-bond acceptors (Lipinski definition) is 2. The molecule has 2 saturated carbocycles. The molecule has 2 nitrogen and oxygen atoms in total. The highest BCUT2D eigenvalue weighted by molar-refractivity contribution is 5.75. The fourth-order valence-electron chi connectivity index (χ4n) is 5.29. The molecule has 190 valence electrons. The maximum atomic E-state index is 13.7. The lowest BCUT2D eigenvalue weighted by atomic mass is 9.78. The number of carbonyl (C=O) groups is 1. The second-order valence-electron chi connectivity index (χ2n) is 9.95. The van der Waals surface area contributed by atoms with Crippen molar-refractivity contribution in [1.29, 1.82) is 0 Å². The Bertz CT molecular complexity index is 809. The zero-order valence-corrected chi connectivity index (χ0v) is 19.8. The minimum absolute atomic E-state index is 0.396. The van der Waals surface area contributed by atoms with Crippen LogP contribution in [0.15, 0.2) is 24.3 Å². The van der Waals surface area contributed by atoms with E-state index >= 15 is 0 Å². The molecular weight excluding hydrogens is 451 g/mol. The van der Waals surface area contributed by atoms with E-state index in [1.165, 1.54) is 51.4 Å². The van der Waals surface area contributed by atoms with Gasteiger partial charge in [0.15, 0.2) is 0 Å². The van der Waals surface area contributed by atoms with Crippen molar-refractivity contribution in [1.82, 2.24) is 0 Å². The van der Waals surface area contributed by atoms with Crippen molar-refractivity contribution in [3.8, 4) is 5.75 Å². The number of halogens is 5. The van der Waals surface area contributed by atoms with Crippen LogP contribution in [-0.2, 0) is 11.0 Å². The van der Waals surface area contributed by atoms with Crippen LogP contribution >= 0.6 is 0 Å². The molecule has 1 aromatic carbocycles. The SMILES string of the molecule is CCCCCC1CCC(C=CC2CCC(C(=O)Oc3cc(F)c(C(F)(F)F)c(F)c3)CC2)CC1. The predicted molar refractivity (Wildman–Crippen MR) is 121 cm³/mol. The molecule has 0 bridgehead atoms. The quantitative estimate of drug-likeness (QED) is 0.121. The number of allylic oxidation sites excluding steroid dienone is 2. The van der Waals surface area contributed by atoms with E-state index in [1.807, 2.05) is 0 Å². The van der Waals surface area contributed by atoms with E-state index in [4.69, 9.17) is 4.74 Å². The summed E-state index contributed by atoms with van der Waals surface area (Å²) in [6.45, 7) is 2.24. The Kier molecular flexibility index (Phi) is 9.55. The number of unbranched alkanes of at least 4 members (excludes halogenated alkanes) is 2. The summed E-state index contributed by atoms with van der Waals surface area (Å²) in [4.78, 5) is 12.4. The highest BCUT2D eigenvalue weighted by Gasteiger charge is 2.38. The maximum absolute atomic E-state index is 13.7. The molecule has 0 atom stereocenters. The fraction of sp³-hybridized carbons (Fsp3) is 0.667. The third-order valence-corrected chi connectivity index (χ3v) is 7.39. The van der Waals surface area contributed by atoms with Crippen molar-refractivity contribution in [2.24, 2.45) is 23.7 Å². The summed E-state index contributed by atoms with van der Waals surface area (Å²) in [5.41, 5.74) is -1.98. The van der Waals surface area contributed by atoms with Gasteiger partial charge in [-0.15, -0.1) is 0 Å². The number of rotatable bonds is 8. The van der Waals surface area contributed by atoms with Gasteiger partial charge in [-0.2, -0.15) is 13.2 Å². The molecule has 2 aliphatic carbocycles. The first kappa shape index (κ1) is 26.7. The summed E-state index contributed by atoms with van der Waals surface area (Å²) < 4.78 is 70.5. The van der Waals surface area contributed by atoms with Gasteiger partial charge in [-0.1, -0.05) is 44.8 Å². The van der Waals surface area contributed by atoms with Crippen LogP contribution in [0, 0.1) is 35.3 Å². The second-order valence-corrected chi connectivity index (χ2v) is 9.95. The summed E-state index contributed by atoms with van der Waals surface area (Å²) >= 11 is 0. The Labute approximate surface area is 198 Å². The summed E-state index contributed by atoms with van der Waals surface area (Å²) in [5.74, 6) is -3.29. The topological polar surface area (TPSA) is 26.3 Å². The number of esters is 1. The molecule has 0 aromatic heterocycles. The lowest BCUT2D eigenvalue weighted by molar-refractivity contribution is -0.142. The fourth-order valence-corrected chi connectivity index (χ4v) is 5.29. The molecule has 7 heteroatoms. The zero-order chi connectivity index (χ0) is 24.7. The summed E-state index contributed by atoms with van der Waals surface area (Å²) in [5, 5.41) is 0. The van der Waals surface area contributed by atoms with E-state index in [9.17, 15) is 26.7 Å². The first-order valence-electron chi connectivity index (χ1n) is 12.6. The van der Waals surface area contributed by atoms with E-state index in [2.05, 4.69) is 19.1 Å². The summed E-state index contributed by atoms with van der Waals surface area (Å²) in [6.07, 6.45) is 12.7. The van der Waals surface area contributed by atoms with Crippen molar-refractivity contribution in [2.45, 2.75) is 90.1 Å². The second kappa shape index (κ2) is 12.2. The van der Waals surface area contributed by atoms with Gasteiger partial charge in [-0.3, -0.25) is 4.79 Å². The normalized spacial score (nSPS) is 26.1. The molecule has 0 saturated heterocycles. The van der Waals surface area contributed by atoms with Gasteiger partial charge in [0.05, 0.1) is 5.92 Å². The molecule has 0 aliphatic heterocycles. The molecule has 0 unspecified atom stereocenters. The molecule has 1 aromatic rings. The van der Waals surface area contributed by atoms with Gasteiger partial charge in [0.1, 0.15) is 22.9 Å². The number of hydrogen-bond donors (Lipinski definition) is 0. The van der Waals surface area contributed by atoms with Crippen LogP contribution in [0.25, 0.3) is 0 Å². The molecule has 0 N–H and O–H groups in total. The van der Waals surface area contributed by atoms with Crippen LogP contribution < -0.4 is 4.74 Å². The molecular formula is C27H35F5O2. The Balaban J connectivity index is 1.42. The average Bonchev–Trinajstić information content (AvgIpc) is 2.77. The first-order chi connectivity index (χ1) is 16.2. The number of alkyl halides is 3. The number of carbonyl (C=O) groups excluding carboxylic acids is 1. The lowest BCUT2D eigenvalue weighted by Gasteiger charge is -2.28. The third kappa shape index (κ3) is 7.54. The van der Waals surface area contributed by atoms with E-state index in [0.717, 1.165) is 18.8 Å². The number of benzene rings is 1. The third-order valence-electron chi connectivity index (χ3n) is 7.39. The molecule has 34 heavy (non-hydrogen) atoms. The standard InChI is InChI=1S/C27H35F5O2/c1-2-3-4-5-18-6-8-19(9-7-18)10-11-20-12-14-21(15-13-20)26(33)34-22-16-23(28)25(24(29)17-22)27(30,31)32/h10-11,16-21H,2-9,12-15H2,1H3. The molecule has 0 radical (unpaired) electrons. The monoisotopic (exact) mass is 486 g/mol. The van der Waals surface area contributed by atoms with Gasteiger partial charge in [0.2, 0.25) is 0 Å². The van der Waals surface area contributed by atoms with E-state index < -0.39 is 41.0 Å². The van der Waals surface area contributed by atoms with Crippen molar-refractivity contribution in [3.05, 3.63) is 41.5 Å². The highest BCUT2D eigenvalue weighted by Crippen LogP contribution is 2.37. The molecule has 3 rings (SSSR count). The first-order valence-corrected chi connectivity index (χ1v) is 12.6. The van der Waals surface area contributed by atoms with Crippen LogP contribution in [0.1, 0.15) is 89.5 Å². The number of ether oxygens (including phenoxy) is 1. The van der Waals surface area contributed by atoms with Crippen LogP contribution in [0.3, 0.4) is 0 Å². The van der Waals surface area contributed by atoms with Gasteiger partial charge in [0, 0.05) is 12.1 Å². The largest absolute Gasteiger partial charge is 0.426 e. The van der Waals surface area contributed by atoms with Gasteiger partial charge < -0.3 is 4.74 Å². The molecule has 2 fully saturated rings. The van der Waals surface area contributed by atoms with E-state index in [-0.39, 0.29) is 0 Å². The zero-order valence-electron chi connectivity index (χ0n) is 19.8. The minimum Gasteiger partial charge on any atom is -0.426 e. The van der Waals surface area contributed by atoms with Crippen LogP contribution in [0.4, 0.5) is 22.0 Å². The van der Waals surface area contributed by atoms with Gasteiger partial charge in [-0.05, 0) is 69.1 Å². The average molecular weight is 487 g/mol. The lowest BCUT2D eigenvalue weighted by Crippen LogP contribution is -2.25. The van der Waals surface area contributed by atoms with Crippen molar-refractivity contribution in [2.75, 3.05) is 0 Å². The van der Waals surface area contributed by atoms with Crippen molar-refractivity contribution < 1.29 is 31.5 Å². The highest BCUT2D eigenvalue weighted by atomic mass is 19.4. The van der Waals surface area contributed by atoms with Gasteiger partial charge in [-0.25, -0.2) is 8.78 Å². The summed E-state index contributed by atoms with van der Waals surface area (Å²) in [7, 11) is 0. The van der Waals surface area contributed by atoms with Crippen LogP contribution in [0.2, 0.25) is 0 Å². The molecule has 2 aliphatic rings. The van der Waals surface area contributed by atoms with Gasteiger partial charge in [0.25, 0.3) is 0 Å². The Morgan fingerprint density at radius 2 is 1.44 bits per heavy atom. The predicted octanol–water partition coefficient (Wildman–Crippen LogP) is 8.64. The van der Waals surface area contributed by atoms with Crippen LogP contribution in [0.5, 0.6) is 5.75 Å². The van der Waals surface area contributed by atoms with Crippen LogP contribution in [-0.4, -0.2) is 5.97 Å². The molecule has 0 spiro atoms. The van der Waals surface area contributed by atoms with Crippen molar-refractivity contribution in [3.63, 3.8) is 0 Å². The van der Waals surface area contributed by atoms with Gasteiger partial charge >= 0.3 is 12.1 Å². The Morgan fingerprint density at radius 1 is 0.912 bits per heavy atom. The minimum atomic E-state index is -5.16.